The second-order valence-corrected chi connectivity index (χ2v) is 5.10. The summed E-state index contributed by atoms with van der Waals surface area (Å²) in [7, 11) is 0. The van der Waals surface area contributed by atoms with E-state index in [9.17, 15) is 9.18 Å². The molecule has 4 nitrogen and oxygen atoms in total. The molecule has 21 heavy (non-hydrogen) atoms. The fraction of sp³-hybridized carbons (Fsp3) is 0.438. The molecule has 1 N–H and O–H groups in total. The van der Waals surface area contributed by atoms with Crippen molar-refractivity contribution in [2.24, 2.45) is 0 Å². The second-order valence-electron chi connectivity index (χ2n) is 5.10. The molecule has 0 spiro atoms. The SMILES string of the molecule is CC1CN(C(=O)c2ccc(F)cc2C#CCO)C(C)CO1. The standard InChI is InChI=1S/C16H18FNO3/c1-11-10-21-12(2)9-18(11)16(20)15-6-5-14(17)8-13(15)4-3-7-19/h5-6,8,11-12,19H,7,9-10H2,1-2H3. The maximum Gasteiger partial charge on any atom is 0.255 e. The third-order valence-corrected chi connectivity index (χ3v) is 3.38. The Morgan fingerprint density at radius 1 is 1.52 bits per heavy atom. The number of aliphatic hydroxyl groups excluding tert-OH is 1. The fourth-order valence-electron chi connectivity index (χ4n) is 2.28. The summed E-state index contributed by atoms with van der Waals surface area (Å²) in [5.74, 6) is 4.43. The molecule has 1 fully saturated rings. The Labute approximate surface area is 123 Å². The van der Waals surface area contributed by atoms with Gasteiger partial charge >= 0.3 is 0 Å². The molecule has 0 bridgehead atoms. The second kappa shape index (κ2) is 6.70. The molecule has 1 aliphatic heterocycles. The van der Waals surface area contributed by atoms with Crippen LogP contribution >= 0.6 is 0 Å². The Morgan fingerprint density at radius 2 is 2.29 bits per heavy atom. The van der Waals surface area contributed by atoms with Crippen molar-refractivity contribution in [3.05, 3.63) is 35.1 Å². The molecule has 1 heterocycles. The lowest BCUT2D eigenvalue weighted by molar-refractivity contribution is -0.0387. The van der Waals surface area contributed by atoms with Gasteiger partial charge in [-0.1, -0.05) is 11.8 Å². The van der Waals surface area contributed by atoms with E-state index < -0.39 is 5.82 Å². The van der Waals surface area contributed by atoms with E-state index in [-0.39, 0.29) is 24.7 Å². The maximum atomic E-state index is 13.3. The van der Waals surface area contributed by atoms with Gasteiger partial charge in [-0.3, -0.25) is 4.79 Å². The molecule has 0 saturated carbocycles. The van der Waals surface area contributed by atoms with Gasteiger partial charge in [0.1, 0.15) is 12.4 Å². The Kier molecular flexibility index (Phi) is 4.94. The van der Waals surface area contributed by atoms with Gasteiger partial charge in [-0.25, -0.2) is 4.39 Å². The number of rotatable bonds is 1. The molecule has 0 radical (unpaired) electrons. The van der Waals surface area contributed by atoms with Gasteiger partial charge in [0.2, 0.25) is 0 Å². The third-order valence-electron chi connectivity index (χ3n) is 3.38. The van der Waals surface area contributed by atoms with Crippen LogP contribution in [0.2, 0.25) is 0 Å². The molecular formula is C16H18FNO3. The number of carbonyl (C=O) groups is 1. The molecule has 112 valence electrons. The van der Waals surface area contributed by atoms with Gasteiger partial charge in [0.05, 0.1) is 24.3 Å². The fourth-order valence-corrected chi connectivity index (χ4v) is 2.28. The number of ether oxygens (including phenoxy) is 1. The third kappa shape index (κ3) is 3.60. The van der Waals surface area contributed by atoms with Crippen LogP contribution in [-0.4, -0.2) is 47.8 Å². The number of morpholine rings is 1. The molecule has 2 rings (SSSR count). The van der Waals surface area contributed by atoms with Crippen molar-refractivity contribution in [1.29, 1.82) is 0 Å². The monoisotopic (exact) mass is 291 g/mol. The Hall–Kier alpha value is -1.90. The van der Waals surface area contributed by atoms with Crippen LogP contribution in [-0.2, 0) is 4.74 Å². The van der Waals surface area contributed by atoms with E-state index in [0.717, 1.165) is 0 Å². The van der Waals surface area contributed by atoms with Gasteiger partial charge in [-0.05, 0) is 32.0 Å². The van der Waals surface area contributed by atoms with Gasteiger partial charge in [0, 0.05) is 12.1 Å². The minimum absolute atomic E-state index is 0.0300. The topological polar surface area (TPSA) is 49.8 Å². The number of halogens is 1. The van der Waals surface area contributed by atoms with Crippen molar-refractivity contribution in [3.8, 4) is 11.8 Å². The summed E-state index contributed by atoms with van der Waals surface area (Å²) in [6.07, 6.45) is -0.0300. The quantitative estimate of drug-likeness (QED) is 0.796. The Bertz CT molecular complexity index is 591. The summed E-state index contributed by atoms with van der Waals surface area (Å²) >= 11 is 0. The van der Waals surface area contributed by atoms with E-state index in [2.05, 4.69) is 11.8 Å². The highest BCUT2D eigenvalue weighted by Crippen LogP contribution is 2.18. The molecule has 5 heteroatoms. The van der Waals surface area contributed by atoms with Crippen molar-refractivity contribution in [2.75, 3.05) is 19.8 Å². The van der Waals surface area contributed by atoms with Gasteiger partial charge in [0.25, 0.3) is 5.91 Å². The molecule has 1 aliphatic rings. The highest BCUT2D eigenvalue weighted by molar-refractivity contribution is 5.97. The van der Waals surface area contributed by atoms with E-state index in [1.54, 1.807) is 4.90 Å². The summed E-state index contributed by atoms with van der Waals surface area (Å²) in [5, 5.41) is 8.77. The van der Waals surface area contributed by atoms with E-state index in [1.807, 2.05) is 13.8 Å². The zero-order valence-electron chi connectivity index (χ0n) is 12.1. The number of carbonyl (C=O) groups excluding carboxylic acids is 1. The number of hydrogen-bond acceptors (Lipinski definition) is 3. The molecule has 2 unspecified atom stereocenters. The lowest BCUT2D eigenvalue weighted by Crippen LogP contribution is -2.50. The summed E-state index contributed by atoms with van der Waals surface area (Å²) < 4.78 is 18.8. The van der Waals surface area contributed by atoms with Crippen molar-refractivity contribution in [1.82, 2.24) is 4.90 Å². The van der Waals surface area contributed by atoms with Crippen molar-refractivity contribution in [3.63, 3.8) is 0 Å². The minimum atomic E-state index is -0.461. The van der Waals surface area contributed by atoms with Crippen LogP contribution in [0.1, 0.15) is 29.8 Å². The number of hydrogen-bond donors (Lipinski definition) is 1. The number of aliphatic hydroxyl groups is 1. The molecule has 0 aliphatic carbocycles. The summed E-state index contributed by atoms with van der Waals surface area (Å²) in [4.78, 5) is 14.4. The van der Waals surface area contributed by atoms with Crippen molar-refractivity contribution >= 4 is 5.91 Å². The lowest BCUT2D eigenvalue weighted by Gasteiger charge is -2.37. The Morgan fingerprint density at radius 3 is 3.00 bits per heavy atom. The van der Waals surface area contributed by atoms with Crippen LogP contribution in [0.25, 0.3) is 0 Å². The summed E-state index contributed by atoms with van der Waals surface area (Å²) in [6, 6.07) is 3.85. The molecule has 1 aromatic rings. The highest BCUT2D eigenvalue weighted by atomic mass is 19.1. The number of benzene rings is 1. The predicted molar refractivity (Wildman–Crippen MR) is 76.3 cm³/mol. The molecule has 1 amide bonds. The van der Waals surface area contributed by atoms with Crippen molar-refractivity contribution < 1.29 is 19.0 Å². The van der Waals surface area contributed by atoms with Gasteiger partial charge in [-0.15, -0.1) is 0 Å². The maximum absolute atomic E-state index is 13.3. The summed E-state index contributed by atoms with van der Waals surface area (Å²) in [6.45, 7) is 4.45. The lowest BCUT2D eigenvalue weighted by atomic mass is 10.0. The van der Waals surface area contributed by atoms with Crippen LogP contribution in [0.5, 0.6) is 0 Å². The van der Waals surface area contributed by atoms with Gasteiger partial charge in [-0.2, -0.15) is 0 Å². The molecular weight excluding hydrogens is 273 g/mol. The van der Waals surface area contributed by atoms with Gasteiger partial charge in [0.15, 0.2) is 0 Å². The molecule has 1 aromatic carbocycles. The first-order chi connectivity index (χ1) is 10.0. The highest BCUT2D eigenvalue weighted by Gasteiger charge is 2.29. The minimum Gasteiger partial charge on any atom is -0.384 e. The predicted octanol–water partition coefficient (Wildman–Crippen LogP) is 1.42. The van der Waals surface area contributed by atoms with Crippen LogP contribution in [0.3, 0.4) is 0 Å². The van der Waals surface area contributed by atoms with Crippen LogP contribution in [0.4, 0.5) is 4.39 Å². The Balaban J connectivity index is 2.34. The first kappa shape index (κ1) is 15.5. The largest absolute Gasteiger partial charge is 0.384 e. The normalized spacial score (nSPS) is 21.6. The average Bonchev–Trinajstić information content (AvgIpc) is 2.47. The zero-order chi connectivity index (χ0) is 15.4. The van der Waals surface area contributed by atoms with Crippen LogP contribution in [0.15, 0.2) is 18.2 Å². The van der Waals surface area contributed by atoms with E-state index >= 15 is 0 Å². The van der Waals surface area contributed by atoms with Crippen molar-refractivity contribution in [2.45, 2.75) is 26.0 Å². The molecule has 0 aromatic heterocycles. The van der Waals surface area contributed by atoms with Crippen LogP contribution in [0, 0.1) is 17.7 Å². The number of amides is 1. The average molecular weight is 291 g/mol. The van der Waals surface area contributed by atoms with E-state index in [0.29, 0.717) is 24.3 Å². The first-order valence-electron chi connectivity index (χ1n) is 6.84. The zero-order valence-corrected chi connectivity index (χ0v) is 12.1. The smallest absolute Gasteiger partial charge is 0.255 e. The van der Waals surface area contributed by atoms with Gasteiger partial charge < -0.3 is 14.7 Å². The first-order valence-corrected chi connectivity index (χ1v) is 6.84. The molecule has 1 saturated heterocycles. The summed E-state index contributed by atoms with van der Waals surface area (Å²) in [5.41, 5.74) is 0.638. The van der Waals surface area contributed by atoms with E-state index in [4.69, 9.17) is 9.84 Å². The van der Waals surface area contributed by atoms with E-state index in [1.165, 1.54) is 18.2 Å². The molecule has 2 atom stereocenters. The number of nitrogens with zero attached hydrogens (tertiary/aromatic N) is 1. The van der Waals surface area contributed by atoms with Crippen LogP contribution < -0.4 is 0 Å².